The molecular weight excluding hydrogens is 350 g/mol. The third-order valence-corrected chi connectivity index (χ3v) is 4.84. The number of para-hydroxylation sites is 1. The molecule has 2 aromatic rings. The molecular formula is C17H16F2N2OS2. The van der Waals surface area contributed by atoms with Crippen LogP contribution in [0, 0.1) is 0 Å². The fraction of sp³-hybridized carbons (Fsp3) is 0.294. The summed E-state index contributed by atoms with van der Waals surface area (Å²) >= 11 is 4.56. The monoisotopic (exact) mass is 366 g/mol. The Bertz CT molecular complexity index is 819. The number of hydrogen-bond donors (Lipinski definition) is 1. The Morgan fingerprint density at radius 3 is 2.58 bits per heavy atom. The van der Waals surface area contributed by atoms with Gasteiger partial charge >= 0.3 is 0 Å². The van der Waals surface area contributed by atoms with E-state index in [1.54, 1.807) is 30.3 Å². The number of nitrogens with zero attached hydrogens (tertiary/aromatic N) is 2. The molecule has 7 heteroatoms. The molecule has 1 aliphatic rings. The van der Waals surface area contributed by atoms with Crippen molar-refractivity contribution in [2.45, 2.75) is 41.6 Å². The number of benzene rings is 1. The van der Waals surface area contributed by atoms with Gasteiger partial charge in [-0.05, 0) is 55.2 Å². The van der Waals surface area contributed by atoms with Crippen LogP contribution >= 0.6 is 24.4 Å². The molecule has 0 aliphatic heterocycles. The molecule has 1 aliphatic carbocycles. The number of thiol groups is 1. The second-order valence-corrected chi connectivity index (χ2v) is 6.80. The first-order valence-electron chi connectivity index (χ1n) is 7.63. The van der Waals surface area contributed by atoms with E-state index < -0.39 is 5.76 Å². The van der Waals surface area contributed by atoms with Gasteiger partial charge < -0.3 is 0 Å². The number of allylic oxidation sites excluding steroid dienone is 2. The number of aromatic nitrogens is 2. The van der Waals surface area contributed by atoms with Crippen LogP contribution in [0.15, 0.2) is 51.4 Å². The zero-order chi connectivity index (χ0) is 17.1. The molecule has 0 N–H and O–H groups in total. The van der Waals surface area contributed by atoms with E-state index >= 15 is 0 Å². The first-order chi connectivity index (χ1) is 11.6. The van der Waals surface area contributed by atoms with Gasteiger partial charge in [0.2, 0.25) is 0 Å². The van der Waals surface area contributed by atoms with E-state index in [9.17, 15) is 13.6 Å². The molecule has 0 fully saturated rings. The van der Waals surface area contributed by atoms with E-state index in [0.29, 0.717) is 11.3 Å². The van der Waals surface area contributed by atoms with Crippen LogP contribution in [-0.2, 0) is 0 Å². The summed E-state index contributed by atoms with van der Waals surface area (Å²) in [6, 6.07) is 8.73. The molecule has 3 nitrogen and oxygen atoms in total. The minimum Gasteiger partial charge on any atom is -0.268 e. The number of rotatable bonds is 4. The van der Waals surface area contributed by atoms with Crippen LogP contribution in [0.4, 0.5) is 8.78 Å². The van der Waals surface area contributed by atoms with Crippen molar-refractivity contribution in [3.8, 4) is 5.69 Å². The van der Waals surface area contributed by atoms with Gasteiger partial charge in [-0.1, -0.05) is 24.3 Å². The third kappa shape index (κ3) is 3.57. The zero-order valence-corrected chi connectivity index (χ0v) is 14.5. The highest BCUT2D eigenvalue weighted by molar-refractivity contribution is 7.99. The molecule has 0 spiro atoms. The first-order valence-corrected chi connectivity index (χ1v) is 8.96. The smallest absolute Gasteiger partial charge is 0.268 e. The lowest BCUT2D eigenvalue weighted by molar-refractivity contribution is 0.251. The molecule has 0 saturated carbocycles. The number of hydrogen-bond acceptors (Lipinski definition) is 4. The van der Waals surface area contributed by atoms with Gasteiger partial charge in [-0.25, -0.2) is 4.98 Å². The van der Waals surface area contributed by atoms with Crippen molar-refractivity contribution >= 4 is 30.0 Å². The van der Waals surface area contributed by atoms with Gasteiger partial charge in [0.1, 0.15) is 5.03 Å². The normalized spacial score (nSPS) is 14.8. The SMILES string of the molecule is O=c1c(C2=CCCCC2)c(S)nc(SC(F)F)n1-c1ccccc1. The van der Waals surface area contributed by atoms with Crippen LogP contribution in [0.25, 0.3) is 11.3 Å². The van der Waals surface area contributed by atoms with Crippen molar-refractivity contribution in [3.63, 3.8) is 0 Å². The summed E-state index contributed by atoms with van der Waals surface area (Å²) < 4.78 is 27.1. The molecule has 0 amide bonds. The topological polar surface area (TPSA) is 34.9 Å². The lowest BCUT2D eigenvalue weighted by Gasteiger charge is -2.18. The standard InChI is InChI=1S/C17H16F2N2OS2/c18-16(19)24-17-20-14(23)13(11-7-3-1-4-8-11)15(22)21(17)12-9-5-2-6-10-12/h2,5-7,9-10,16,23H,1,3-4,8H2. The van der Waals surface area contributed by atoms with E-state index in [0.717, 1.165) is 31.3 Å². The maximum Gasteiger partial charge on any atom is 0.291 e. The number of alkyl halides is 2. The van der Waals surface area contributed by atoms with Gasteiger partial charge in [-0.3, -0.25) is 9.36 Å². The summed E-state index contributed by atoms with van der Waals surface area (Å²) in [6.07, 6.45) is 5.79. The second kappa shape index (κ2) is 7.53. The minimum atomic E-state index is -2.67. The van der Waals surface area contributed by atoms with Crippen LogP contribution in [0.3, 0.4) is 0 Å². The van der Waals surface area contributed by atoms with Crippen LogP contribution in [0.5, 0.6) is 0 Å². The van der Waals surface area contributed by atoms with Crippen molar-refractivity contribution in [1.29, 1.82) is 0 Å². The summed E-state index contributed by atoms with van der Waals surface area (Å²) in [4.78, 5) is 17.3. The molecule has 1 aromatic heterocycles. The lowest BCUT2D eigenvalue weighted by atomic mass is 9.95. The highest BCUT2D eigenvalue weighted by Gasteiger charge is 2.22. The molecule has 0 bridgehead atoms. The summed E-state index contributed by atoms with van der Waals surface area (Å²) in [5.41, 5.74) is 1.49. The molecule has 1 aromatic carbocycles. The average Bonchev–Trinajstić information content (AvgIpc) is 2.56. The van der Waals surface area contributed by atoms with Gasteiger partial charge in [-0.2, -0.15) is 8.78 Å². The Morgan fingerprint density at radius 2 is 1.96 bits per heavy atom. The molecule has 1 heterocycles. The van der Waals surface area contributed by atoms with Crippen molar-refractivity contribution in [2.75, 3.05) is 0 Å². The average molecular weight is 366 g/mol. The van der Waals surface area contributed by atoms with Gasteiger partial charge in [0.05, 0.1) is 11.3 Å². The largest absolute Gasteiger partial charge is 0.291 e. The van der Waals surface area contributed by atoms with Crippen molar-refractivity contribution in [2.24, 2.45) is 0 Å². The predicted molar refractivity (Wildman–Crippen MR) is 95.4 cm³/mol. The van der Waals surface area contributed by atoms with E-state index in [4.69, 9.17) is 0 Å². The van der Waals surface area contributed by atoms with Crippen LogP contribution in [0.1, 0.15) is 31.2 Å². The Hall–Kier alpha value is -1.60. The van der Waals surface area contributed by atoms with E-state index in [-0.39, 0.29) is 27.5 Å². The van der Waals surface area contributed by atoms with Gasteiger partial charge in [0, 0.05) is 0 Å². The summed E-state index contributed by atoms with van der Waals surface area (Å²) in [5, 5.41) is 0.162. The van der Waals surface area contributed by atoms with Gasteiger partial charge in [-0.15, -0.1) is 12.6 Å². The molecule has 0 unspecified atom stereocenters. The van der Waals surface area contributed by atoms with Crippen molar-refractivity contribution in [3.05, 3.63) is 52.3 Å². The summed E-state index contributed by atoms with van der Waals surface area (Å²) in [5.74, 6) is -2.67. The Balaban J connectivity index is 2.23. The fourth-order valence-corrected chi connectivity index (χ4v) is 3.80. The van der Waals surface area contributed by atoms with E-state index in [2.05, 4.69) is 17.6 Å². The van der Waals surface area contributed by atoms with E-state index in [1.165, 1.54) is 4.57 Å². The Morgan fingerprint density at radius 1 is 1.21 bits per heavy atom. The zero-order valence-electron chi connectivity index (χ0n) is 12.8. The fourth-order valence-electron chi connectivity index (χ4n) is 2.80. The van der Waals surface area contributed by atoms with Crippen molar-refractivity contribution < 1.29 is 8.78 Å². The van der Waals surface area contributed by atoms with Crippen LogP contribution in [-0.4, -0.2) is 15.3 Å². The molecule has 0 saturated heterocycles. The van der Waals surface area contributed by atoms with Crippen LogP contribution in [0.2, 0.25) is 0 Å². The van der Waals surface area contributed by atoms with Crippen LogP contribution < -0.4 is 5.56 Å². The predicted octanol–water partition coefficient (Wildman–Crippen LogP) is 4.79. The molecule has 126 valence electrons. The maximum absolute atomic E-state index is 13.1. The molecule has 0 atom stereocenters. The number of halogens is 2. The van der Waals surface area contributed by atoms with Crippen molar-refractivity contribution in [1.82, 2.24) is 9.55 Å². The van der Waals surface area contributed by atoms with E-state index in [1.807, 2.05) is 6.08 Å². The lowest BCUT2D eigenvalue weighted by Crippen LogP contribution is -2.26. The first kappa shape index (κ1) is 17.2. The minimum absolute atomic E-state index is 0.0497. The second-order valence-electron chi connectivity index (χ2n) is 5.42. The molecule has 0 radical (unpaired) electrons. The highest BCUT2D eigenvalue weighted by atomic mass is 32.2. The highest BCUT2D eigenvalue weighted by Crippen LogP contribution is 2.31. The molecule has 24 heavy (non-hydrogen) atoms. The van der Waals surface area contributed by atoms with Gasteiger partial charge in [0.25, 0.3) is 11.3 Å². The Kier molecular flexibility index (Phi) is 5.40. The Labute approximate surface area is 148 Å². The quantitative estimate of drug-likeness (QED) is 0.366. The summed E-state index contributed by atoms with van der Waals surface area (Å²) in [6.45, 7) is 0. The van der Waals surface area contributed by atoms with Gasteiger partial charge in [0.15, 0.2) is 5.16 Å². The summed E-state index contributed by atoms with van der Waals surface area (Å²) in [7, 11) is 0. The number of thioether (sulfide) groups is 1. The molecule has 3 rings (SSSR count). The third-order valence-electron chi connectivity index (χ3n) is 3.85. The maximum atomic E-state index is 13.1.